The van der Waals surface area contributed by atoms with Crippen LogP contribution in [0.5, 0.6) is 0 Å². The van der Waals surface area contributed by atoms with Crippen LogP contribution in [0.1, 0.15) is 12.0 Å². The van der Waals surface area contributed by atoms with Gasteiger partial charge in [0.05, 0.1) is 6.20 Å². The third-order valence-corrected chi connectivity index (χ3v) is 1.39. The quantitative estimate of drug-likeness (QED) is 0.613. The molecule has 1 heterocycles. The van der Waals surface area contributed by atoms with Gasteiger partial charge in [-0.2, -0.15) is 0 Å². The maximum atomic E-state index is 12.7. The average molecular weight is 153 g/mol. The lowest BCUT2D eigenvalue weighted by Crippen LogP contribution is -1.91. The van der Waals surface area contributed by atoms with Crippen LogP contribution in [-0.4, -0.2) is 11.3 Å². The molecule has 0 spiro atoms. The second kappa shape index (κ2) is 3.81. The molecule has 1 rings (SSSR count). The maximum absolute atomic E-state index is 12.7. The van der Waals surface area contributed by atoms with E-state index in [1.54, 1.807) is 6.07 Å². The fourth-order valence-corrected chi connectivity index (χ4v) is 0.821. The Morgan fingerprint density at radius 1 is 1.64 bits per heavy atom. The molecule has 0 N–H and O–H groups in total. The summed E-state index contributed by atoms with van der Waals surface area (Å²) in [5.41, 5.74) is 0.548. The summed E-state index contributed by atoms with van der Waals surface area (Å²) < 4.78 is 12.7. The molecule has 58 valence electrons. The number of aromatic nitrogens is 1. The predicted octanol–water partition coefficient (Wildman–Crippen LogP) is 1.35. The van der Waals surface area contributed by atoms with Crippen molar-refractivity contribution in [3.8, 4) is 0 Å². The number of rotatable bonds is 3. The summed E-state index contributed by atoms with van der Waals surface area (Å²) in [6, 6.07) is 1.58. The average Bonchev–Trinajstić information content (AvgIpc) is 2.03. The first-order valence-electron chi connectivity index (χ1n) is 3.36. The van der Waals surface area contributed by atoms with Gasteiger partial charge in [-0.3, -0.25) is 4.98 Å². The molecule has 0 aromatic carbocycles. The molecule has 0 saturated heterocycles. The van der Waals surface area contributed by atoms with E-state index in [1.807, 2.05) is 0 Å². The SMILES string of the molecule is O=CCCc1ccncc1F. The molecule has 0 aliphatic carbocycles. The van der Waals surface area contributed by atoms with E-state index in [2.05, 4.69) is 4.98 Å². The molecule has 0 aliphatic rings. The highest BCUT2D eigenvalue weighted by atomic mass is 19.1. The molecule has 3 heteroatoms. The normalized spacial score (nSPS) is 9.55. The summed E-state index contributed by atoms with van der Waals surface area (Å²) in [6.07, 6.45) is 4.27. The minimum absolute atomic E-state index is 0.339. The molecule has 2 nitrogen and oxygen atoms in total. The van der Waals surface area contributed by atoms with E-state index in [9.17, 15) is 9.18 Å². The first-order chi connectivity index (χ1) is 5.34. The van der Waals surface area contributed by atoms with Crippen molar-refractivity contribution in [3.63, 3.8) is 0 Å². The van der Waals surface area contributed by atoms with Crippen LogP contribution in [-0.2, 0) is 11.2 Å². The molecule has 0 atom stereocenters. The molecular formula is C8H8FNO. The summed E-state index contributed by atoms with van der Waals surface area (Å²) in [4.78, 5) is 13.5. The van der Waals surface area contributed by atoms with Gasteiger partial charge in [-0.1, -0.05) is 0 Å². The topological polar surface area (TPSA) is 30.0 Å². The Labute approximate surface area is 64.1 Å². The van der Waals surface area contributed by atoms with Crippen molar-refractivity contribution in [2.45, 2.75) is 12.8 Å². The summed E-state index contributed by atoms with van der Waals surface area (Å²) in [5.74, 6) is -0.339. The minimum Gasteiger partial charge on any atom is -0.303 e. The van der Waals surface area contributed by atoms with Gasteiger partial charge < -0.3 is 4.79 Å². The number of carbonyl (C=O) groups is 1. The summed E-state index contributed by atoms with van der Waals surface area (Å²) in [7, 11) is 0. The molecule has 1 aromatic heterocycles. The lowest BCUT2D eigenvalue weighted by molar-refractivity contribution is -0.107. The summed E-state index contributed by atoms with van der Waals surface area (Å²) in [5, 5.41) is 0. The molecule has 0 fully saturated rings. The molecule has 0 bridgehead atoms. The number of hydrogen-bond acceptors (Lipinski definition) is 2. The van der Waals surface area contributed by atoms with Crippen LogP contribution in [0.15, 0.2) is 18.5 Å². The van der Waals surface area contributed by atoms with Crippen molar-refractivity contribution >= 4 is 6.29 Å². The molecule has 0 aliphatic heterocycles. The lowest BCUT2D eigenvalue weighted by Gasteiger charge is -1.96. The van der Waals surface area contributed by atoms with Gasteiger partial charge in [-0.25, -0.2) is 4.39 Å². The highest BCUT2D eigenvalue weighted by Gasteiger charge is 1.98. The van der Waals surface area contributed by atoms with E-state index in [1.165, 1.54) is 6.20 Å². The van der Waals surface area contributed by atoms with Crippen molar-refractivity contribution in [1.29, 1.82) is 0 Å². The second-order valence-electron chi connectivity index (χ2n) is 2.17. The van der Waals surface area contributed by atoms with Gasteiger partial charge in [0.15, 0.2) is 0 Å². The van der Waals surface area contributed by atoms with Gasteiger partial charge in [-0.05, 0) is 18.1 Å². The van der Waals surface area contributed by atoms with Crippen molar-refractivity contribution in [2.75, 3.05) is 0 Å². The standard InChI is InChI=1S/C8H8FNO/c9-8-6-10-4-3-7(8)2-1-5-11/h3-6H,1-2H2. The van der Waals surface area contributed by atoms with Crippen LogP contribution in [0.2, 0.25) is 0 Å². The predicted molar refractivity (Wildman–Crippen MR) is 38.6 cm³/mol. The Bertz CT molecular complexity index is 250. The zero-order chi connectivity index (χ0) is 8.10. The van der Waals surface area contributed by atoms with Gasteiger partial charge in [0.2, 0.25) is 0 Å². The van der Waals surface area contributed by atoms with E-state index in [0.29, 0.717) is 18.4 Å². The molecule has 0 amide bonds. The zero-order valence-corrected chi connectivity index (χ0v) is 5.96. The Morgan fingerprint density at radius 3 is 3.09 bits per heavy atom. The first-order valence-corrected chi connectivity index (χ1v) is 3.36. The van der Waals surface area contributed by atoms with Crippen LogP contribution in [0.25, 0.3) is 0 Å². The summed E-state index contributed by atoms with van der Waals surface area (Å²) >= 11 is 0. The van der Waals surface area contributed by atoms with Crippen molar-refractivity contribution in [1.82, 2.24) is 4.98 Å². The van der Waals surface area contributed by atoms with Crippen LogP contribution in [0.4, 0.5) is 4.39 Å². The third-order valence-electron chi connectivity index (χ3n) is 1.39. The number of aldehydes is 1. The Balaban J connectivity index is 2.69. The highest BCUT2D eigenvalue weighted by molar-refractivity contribution is 5.49. The maximum Gasteiger partial charge on any atom is 0.144 e. The monoisotopic (exact) mass is 153 g/mol. The lowest BCUT2D eigenvalue weighted by atomic mass is 10.1. The number of nitrogens with zero attached hydrogens (tertiary/aromatic N) is 1. The molecule has 0 radical (unpaired) electrons. The van der Waals surface area contributed by atoms with Crippen LogP contribution in [0.3, 0.4) is 0 Å². The molecule has 0 unspecified atom stereocenters. The van der Waals surface area contributed by atoms with Crippen LogP contribution < -0.4 is 0 Å². The van der Waals surface area contributed by atoms with Crippen molar-refractivity contribution in [2.24, 2.45) is 0 Å². The smallest absolute Gasteiger partial charge is 0.144 e. The minimum atomic E-state index is -0.339. The number of hydrogen-bond donors (Lipinski definition) is 0. The number of halogens is 1. The van der Waals surface area contributed by atoms with Gasteiger partial charge >= 0.3 is 0 Å². The van der Waals surface area contributed by atoms with E-state index < -0.39 is 0 Å². The van der Waals surface area contributed by atoms with E-state index >= 15 is 0 Å². The van der Waals surface area contributed by atoms with Crippen LogP contribution >= 0.6 is 0 Å². The van der Waals surface area contributed by atoms with Gasteiger partial charge in [-0.15, -0.1) is 0 Å². The molecule has 1 aromatic rings. The molecule has 11 heavy (non-hydrogen) atoms. The first kappa shape index (κ1) is 7.85. The Kier molecular flexibility index (Phi) is 2.72. The fraction of sp³-hybridized carbons (Fsp3) is 0.250. The second-order valence-corrected chi connectivity index (χ2v) is 2.17. The Morgan fingerprint density at radius 2 is 2.45 bits per heavy atom. The summed E-state index contributed by atoms with van der Waals surface area (Å²) in [6.45, 7) is 0. The van der Waals surface area contributed by atoms with Crippen molar-refractivity contribution in [3.05, 3.63) is 29.8 Å². The van der Waals surface area contributed by atoms with Gasteiger partial charge in [0, 0.05) is 12.6 Å². The van der Waals surface area contributed by atoms with Gasteiger partial charge in [0.25, 0.3) is 0 Å². The molecular weight excluding hydrogens is 145 g/mol. The largest absolute Gasteiger partial charge is 0.303 e. The van der Waals surface area contributed by atoms with Gasteiger partial charge in [0.1, 0.15) is 12.1 Å². The molecule has 0 saturated carbocycles. The van der Waals surface area contributed by atoms with E-state index in [-0.39, 0.29) is 5.82 Å². The zero-order valence-electron chi connectivity index (χ0n) is 5.96. The third kappa shape index (κ3) is 2.11. The van der Waals surface area contributed by atoms with E-state index in [0.717, 1.165) is 12.5 Å². The van der Waals surface area contributed by atoms with Crippen molar-refractivity contribution < 1.29 is 9.18 Å². The number of aryl methyl sites for hydroxylation is 1. The number of carbonyl (C=O) groups excluding carboxylic acids is 1. The van der Waals surface area contributed by atoms with Crippen LogP contribution in [0, 0.1) is 5.82 Å². The Hall–Kier alpha value is -1.25. The fourth-order valence-electron chi connectivity index (χ4n) is 0.821. The van der Waals surface area contributed by atoms with E-state index in [4.69, 9.17) is 0 Å². The highest BCUT2D eigenvalue weighted by Crippen LogP contribution is 2.05. The number of pyridine rings is 1.